The van der Waals surface area contributed by atoms with Crippen LogP contribution in [0, 0.1) is 0 Å². The molecule has 0 aliphatic heterocycles. The highest BCUT2D eigenvalue weighted by Gasteiger charge is 2.14. The predicted octanol–water partition coefficient (Wildman–Crippen LogP) is 2.25. The molecule has 0 radical (unpaired) electrons. The average Bonchev–Trinajstić information content (AvgIpc) is 2.68. The third kappa shape index (κ3) is 2.55. The summed E-state index contributed by atoms with van der Waals surface area (Å²) in [6.07, 6.45) is 0.541. The highest BCUT2D eigenvalue weighted by molar-refractivity contribution is 7.09. The number of aromatic hydroxyl groups is 1. The van der Waals surface area contributed by atoms with Gasteiger partial charge in [-0.2, -0.15) is 4.98 Å². The molecule has 0 saturated heterocycles. The van der Waals surface area contributed by atoms with Crippen LogP contribution in [-0.4, -0.2) is 15.1 Å². The molecule has 0 bridgehead atoms. The van der Waals surface area contributed by atoms with E-state index in [1.807, 2.05) is 31.4 Å². The molecular weight excluding hydrogens is 236 g/mol. The van der Waals surface area contributed by atoms with Crippen LogP contribution in [0.4, 0.5) is 0 Å². The normalized spacial score (nSPS) is 11.0. The van der Waals surface area contributed by atoms with Gasteiger partial charge >= 0.3 is 0 Å². The number of rotatable bonds is 3. The summed E-state index contributed by atoms with van der Waals surface area (Å²) in [5.74, 6) is 0.302. The number of aromatic amines is 1. The van der Waals surface area contributed by atoms with Gasteiger partial charge in [-0.05, 0) is 17.4 Å². The summed E-state index contributed by atoms with van der Waals surface area (Å²) in [4.78, 5) is 19.6. The Hall–Kier alpha value is -1.62. The summed E-state index contributed by atoms with van der Waals surface area (Å²) in [5.41, 5.74) is 0.0963. The number of hydrogen-bond donors (Lipinski definition) is 2. The Balaban J connectivity index is 2.36. The van der Waals surface area contributed by atoms with Crippen molar-refractivity contribution in [2.24, 2.45) is 0 Å². The van der Waals surface area contributed by atoms with E-state index in [2.05, 4.69) is 9.97 Å². The van der Waals surface area contributed by atoms with Gasteiger partial charge in [0.15, 0.2) is 0 Å². The van der Waals surface area contributed by atoms with Gasteiger partial charge in [-0.1, -0.05) is 19.9 Å². The zero-order valence-electron chi connectivity index (χ0n) is 9.73. The van der Waals surface area contributed by atoms with E-state index in [-0.39, 0.29) is 17.4 Å². The first-order valence-electron chi connectivity index (χ1n) is 5.42. The summed E-state index contributed by atoms with van der Waals surface area (Å²) in [6, 6.07) is 3.92. The van der Waals surface area contributed by atoms with E-state index >= 15 is 0 Å². The Morgan fingerprint density at radius 3 is 2.82 bits per heavy atom. The predicted molar refractivity (Wildman–Crippen MR) is 67.7 cm³/mol. The van der Waals surface area contributed by atoms with E-state index in [9.17, 15) is 9.90 Å². The van der Waals surface area contributed by atoms with Crippen molar-refractivity contribution in [3.63, 3.8) is 0 Å². The molecule has 0 fully saturated rings. The Kier molecular flexibility index (Phi) is 3.28. The molecule has 90 valence electrons. The van der Waals surface area contributed by atoms with Gasteiger partial charge in [0.1, 0.15) is 5.82 Å². The molecule has 0 atom stereocenters. The highest BCUT2D eigenvalue weighted by atomic mass is 32.1. The van der Waals surface area contributed by atoms with Crippen molar-refractivity contribution >= 4 is 11.3 Å². The quantitative estimate of drug-likeness (QED) is 0.878. The first kappa shape index (κ1) is 11.9. The lowest BCUT2D eigenvalue weighted by atomic mass is 10.1. The second kappa shape index (κ2) is 4.71. The largest absolute Gasteiger partial charge is 0.493 e. The van der Waals surface area contributed by atoms with E-state index in [0.717, 1.165) is 4.88 Å². The van der Waals surface area contributed by atoms with Crippen molar-refractivity contribution in [2.75, 3.05) is 0 Å². The zero-order chi connectivity index (χ0) is 12.4. The average molecular weight is 250 g/mol. The van der Waals surface area contributed by atoms with Gasteiger partial charge in [-0.3, -0.25) is 4.79 Å². The van der Waals surface area contributed by atoms with E-state index in [1.165, 1.54) is 0 Å². The first-order valence-corrected chi connectivity index (χ1v) is 6.30. The summed E-state index contributed by atoms with van der Waals surface area (Å²) in [6.45, 7) is 3.70. The van der Waals surface area contributed by atoms with Crippen molar-refractivity contribution < 1.29 is 5.11 Å². The topological polar surface area (TPSA) is 66.0 Å². The lowest BCUT2D eigenvalue weighted by molar-refractivity contribution is 0.436. The van der Waals surface area contributed by atoms with Crippen LogP contribution in [0.1, 0.15) is 36.0 Å². The van der Waals surface area contributed by atoms with E-state index in [0.29, 0.717) is 17.8 Å². The van der Waals surface area contributed by atoms with E-state index in [1.54, 1.807) is 11.3 Å². The monoisotopic (exact) mass is 250 g/mol. The van der Waals surface area contributed by atoms with Crippen molar-refractivity contribution in [2.45, 2.75) is 26.2 Å². The second-order valence-electron chi connectivity index (χ2n) is 4.16. The Morgan fingerprint density at radius 2 is 2.29 bits per heavy atom. The number of H-pyrrole nitrogens is 1. The van der Waals surface area contributed by atoms with Crippen LogP contribution in [0.2, 0.25) is 0 Å². The Bertz CT molecular complexity index is 558. The van der Waals surface area contributed by atoms with E-state index < -0.39 is 0 Å². The molecule has 2 heterocycles. The molecule has 0 amide bonds. The molecule has 2 aromatic heterocycles. The minimum absolute atomic E-state index is 0.0398. The second-order valence-corrected chi connectivity index (χ2v) is 5.19. The summed E-state index contributed by atoms with van der Waals surface area (Å²) in [7, 11) is 0. The number of hydrogen-bond acceptors (Lipinski definition) is 4. The molecule has 0 aromatic carbocycles. The molecule has 2 rings (SSSR count). The maximum Gasteiger partial charge on any atom is 0.258 e. The van der Waals surface area contributed by atoms with Crippen LogP contribution in [0.15, 0.2) is 22.3 Å². The molecule has 0 unspecified atom stereocenters. The first-order chi connectivity index (χ1) is 8.08. The Morgan fingerprint density at radius 1 is 1.53 bits per heavy atom. The van der Waals surface area contributed by atoms with Crippen LogP contribution >= 0.6 is 11.3 Å². The van der Waals surface area contributed by atoms with Crippen molar-refractivity contribution in [1.82, 2.24) is 9.97 Å². The van der Waals surface area contributed by atoms with Crippen LogP contribution in [-0.2, 0) is 6.42 Å². The smallest absolute Gasteiger partial charge is 0.258 e. The van der Waals surface area contributed by atoms with Crippen LogP contribution in [0.25, 0.3) is 0 Å². The number of aromatic nitrogens is 2. The Labute approximate surface area is 103 Å². The summed E-state index contributed by atoms with van der Waals surface area (Å²) >= 11 is 1.60. The molecule has 2 aromatic rings. The van der Waals surface area contributed by atoms with Crippen LogP contribution in [0.3, 0.4) is 0 Å². The molecule has 4 nitrogen and oxygen atoms in total. The van der Waals surface area contributed by atoms with Gasteiger partial charge in [0, 0.05) is 11.3 Å². The summed E-state index contributed by atoms with van der Waals surface area (Å²) in [5, 5.41) is 11.7. The molecular formula is C12H14N2O2S. The fraction of sp³-hybridized carbons (Fsp3) is 0.333. The SMILES string of the molecule is CC(C)c1c(O)nc(Cc2cccs2)[nH]c1=O. The maximum absolute atomic E-state index is 11.8. The molecule has 0 saturated carbocycles. The lowest BCUT2D eigenvalue weighted by Gasteiger charge is -2.07. The minimum atomic E-state index is -0.251. The third-order valence-electron chi connectivity index (χ3n) is 2.48. The standard InChI is InChI=1S/C12H14N2O2S/c1-7(2)10-11(15)13-9(14-12(10)16)6-8-4-3-5-17-8/h3-5,7H,6H2,1-2H3,(H2,13,14,15,16). The van der Waals surface area contributed by atoms with Gasteiger partial charge in [0.2, 0.25) is 5.88 Å². The molecule has 0 spiro atoms. The zero-order valence-corrected chi connectivity index (χ0v) is 10.5. The van der Waals surface area contributed by atoms with Crippen molar-refractivity contribution in [3.8, 4) is 5.88 Å². The van der Waals surface area contributed by atoms with Gasteiger partial charge in [0.05, 0.1) is 5.56 Å². The maximum atomic E-state index is 11.8. The number of nitrogens with zero attached hydrogens (tertiary/aromatic N) is 1. The molecule has 0 aliphatic rings. The molecule has 2 N–H and O–H groups in total. The van der Waals surface area contributed by atoms with Gasteiger partial charge in [-0.25, -0.2) is 0 Å². The highest BCUT2D eigenvalue weighted by Crippen LogP contribution is 2.19. The fourth-order valence-electron chi connectivity index (χ4n) is 1.70. The van der Waals surface area contributed by atoms with Gasteiger partial charge in [0.25, 0.3) is 5.56 Å². The third-order valence-corrected chi connectivity index (χ3v) is 3.36. The summed E-state index contributed by atoms with van der Waals surface area (Å²) < 4.78 is 0. The van der Waals surface area contributed by atoms with Crippen molar-refractivity contribution in [3.05, 3.63) is 44.1 Å². The molecule has 17 heavy (non-hydrogen) atoms. The van der Waals surface area contributed by atoms with Crippen molar-refractivity contribution in [1.29, 1.82) is 0 Å². The van der Waals surface area contributed by atoms with Gasteiger partial charge < -0.3 is 10.1 Å². The number of thiophene rings is 1. The van der Waals surface area contributed by atoms with Crippen LogP contribution in [0.5, 0.6) is 5.88 Å². The van der Waals surface area contributed by atoms with Crippen LogP contribution < -0.4 is 5.56 Å². The van der Waals surface area contributed by atoms with Gasteiger partial charge in [-0.15, -0.1) is 11.3 Å². The minimum Gasteiger partial charge on any atom is -0.493 e. The molecule has 0 aliphatic carbocycles. The van der Waals surface area contributed by atoms with E-state index in [4.69, 9.17) is 0 Å². The molecule has 5 heteroatoms. The fourth-order valence-corrected chi connectivity index (χ4v) is 2.41. The lowest BCUT2D eigenvalue weighted by Crippen LogP contribution is -2.17. The number of nitrogens with one attached hydrogen (secondary N) is 1.